The molecule has 2 aromatic carbocycles. The third-order valence-electron chi connectivity index (χ3n) is 4.24. The number of allylic oxidation sites excluding steroid dienone is 1. The molecule has 0 fully saturated rings. The van der Waals surface area contributed by atoms with E-state index >= 15 is 0 Å². The fourth-order valence-corrected chi connectivity index (χ4v) is 3.77. The molecule has 1 aliphatic heterocycles. The molecule has 0 spiro atoms. The van der Waals surface area contributed by atoms with Crippen molar-refractivity contribution in [3.8, 4) is 5.88 Å². The molecule has 0 atom stereocenters. The van der Waals surface area contributed by atoms with E-state index in [1.54, 1.807) is 36.4 Å². The number of hydrogen-bond donors (Lipinski definition) is 1. The molecule has 134 valence electrons. The molecule has 2 heterocycles. The van der Waals surface area contributed by atoms with Gasteiger partial charge in [-0.25, -0.2) is 0 Å². The van der Waals surface area contributed by atoms with Crippen molar-refractivity contribution in [1.82, 2.24) is 4.98 Å². The molecule has 4 rings (SSSR count). The number of aromatic hydroxyl groups is 1. The van der Waals surface area contributed by atoms with E-state index < -0.39 is 5.97 Å². The molecule has 1 aliphatic rings. The van der Waals surface area contributed by atoms with E-state index in [1.165, 1.54) is 17.4 Å². The number of thiazole rings is 1. The largest absolute Gasteiger partial charge is 0.545 e. The number of aliphatic imine (C=N–C) groups is 1. The molecule has 6 nitrogen and oxygen atoms in total. The maximum absolute atomic E-state index is 11.3. The first-order valence-corrected chi connectivity index (χ1v) is 8.95. The fourth-order valence-electron chi connectivity index (χ4n) is 2.89. The van der Waals surface area contributed by atoms with Gasteiger partial charge in [-0.05, 0) is 18.2 Å². The first-order valence-electron chi connectivity index (χ1n) is 8.13. The number of fused-ring (bicyclic) bond motifs is 1. The quantitative estimate of drug-likeness (QED) is 0.755. The number of benzene rings is 2. The molecule has 1 N–H and O–H groups in total. The minimum absolute atomic E-state index is 0.0615. The summed E-state index contributed by atoms with van der Waals surface area (Å²) in [5, 5.41) is 22.1. The average molecular weight is 376 g/mol. The van der Waals surface area contributed by atoms with Crippen LogP contribution >= 0.6 is 11.3 Å². The Hall–Kier alpha value is -3.45. The van der Waals surface area contributed by atoms with Gasteiger partial charge in [-0.1, -0.05) is 47.7 Å². The summed E-state index contributed by atoms with van der Waals surface area (Å²) >= 11 is 1.26. The average Bonchev–Trinajstić information content (AvgIpc) is 3.25. The zero-order chi connectivity index (χ0) is 19.0. The first-order chi connectivity index (χ1) is 13.0. The van der Waals surface area contributed by atoms with Crippen LogP contribution < -0.4 is 10.0 Å². The number of aromatic nitrogens is 1. The van der Waals surface area contributed by atoms with E-state index in [9.17, 15) is 15.0 Å². The number of nitrogens with zero attached hydrogens (tertiary/aromatic N) is 3. The Bertz CT molecular complexity index is 1100. The van der Waals surface area contributed by atoms with Crippen LogP contribution in [0.2, 0.25) is 0 Å². The Labute approximate surface area is 159 Å². The second-order valence-electron chi connectivity index (χ2n) is 5.92. The number of carboxylic acids is 1. The predicted octanol–water partition coefficient (Wildman–Crippen LogP) is 3.24. The summed E-state index contributed by atoms with van der Waals surface area (Å²) < 4.78 is 0. The van der Waals surface area contributed by atoms with Gasteiger partial charge in [-0.2, -0.15) is 4.98 Å². The van der Waals surface area contributed by atoms with Crippen molar-refractivity contribution in [2.75, 3.05) is 11.9 Å². The maximum atomic E-state index is 11.3. The highest BCUT2D eigenvalue weighted by Crippen LogP contribution is 2.39. The Morgan fingerprint density at radius 1 is 1.19 bits per heavy atom. The summed E-state index contributed by atoms with van der Waals surface area (Å²) in [4.78, 5) is 22.1. The van der Waals surface area contributed by atoms with Gasteiger partial charge in [0.05, 0.1) is 22.2 Å². The van der Waals surface area contributed by atoms with E-state index in [2.05, 4.69) is 9.98 Å². The van der Waals surface area contributed by atoms with Crippen LogP contribution in [-0.4, -0.2) is 29.3 Å². The van der Waals surface area contributed by atoms with E-state index in [1.807, 2.05) is 30.3 Å². The van der Waals surface area contributed by atoms with Crippen LogP contribution in [0.5, 0.6) is 5.88 Å². The summed E-state index contributed by atoms with van der Waals surface area (Å²) in [6.07, 6.45) is 3.57. The van der Waals surface area contributed by atoms with Gasteiger partial charge in [0.1, 0.15) is 0 Å². The van der Waals surface area contributed by atoms with E-state index in [0.29, 0.717) is 15.7 Å². The van der Waals surface area contributed by atoms with Crippen molar-refractivity contribution in [3.05, 3.63) is 64.5 Å². The maximum Gasteiger partial charge on any atom is 0.231 e. The van der Waals surface area contributed by atoms with Crippen LogP contribution in [0.4, 0.5) is 16.5 Å². The molecule has 0 amide bonds. The van der Waals surface area contributed by atoms with Gasteiger partial charge in [0, 0.05) is 30.0 Å². The minimum atomic E-state index is -1.26. The van der Waals surface area contributed by atoms with E-state index in [0.717, 1.165) is 16.8 Å². The van der Waals surface area contributed by atoms with Crippen molar-refractivity contribution >= 4 is 51.7 Å². The lowest BCUT2D eigenvalue weighted by Gasteiger charge is -2.19. The lowest BCUT2D eigenvalue weighted by molar-refractivity contribution is -0.254. The monoisotopic (exact) mass is 376 g/mol. The number of carboxylic acid groups (broad SMARTS) is 1. The lowest BCUT2D eigenvalue weighted by Crippen LogP contribution is -2.25. The van der Waals surface area contributed by atoms with Gasteiger partial charge in [-0.15, -0.1) is 0 Å². The Balaban J connectivity index is 1.70. The number of rotatable bonds is 4. The summed E-state index contributed by atoms with van der Waals surface area (Å²) in [6, 6.07) is 14.3. The summed E-state index contributed by atoms with van der Waals surface area (Å²) in [5.74, 6) is -1.38. The molecule has 7 heteroatoms. The lowest BCUT2D eigenvalue weighted by atomic mass is 10.1. The molecule has 27 heavy (non-hydrogen) atoms. The van der Waals surface area contributed by atoms with Gasteiger partial charge in [0.25, 0.3) is 0 Å². The molecule has 0 aliphatic carbocycles. The minimum Gasteiger partial charge on any atom is -0.545 e. The molecule has 0 radical (unpaired) electrons. The van der Waals surface area contributed by atoms with Gasteiger partial charge >= 0.3 is 0 Å². The SMILES string of the molecule is CN(c1nc(O)c(/C=C2\C=Nc3ccccc32)s1)c1ccccc1C(=O)[O-]. The number of hydrogen-bond acceptors (Lipinski definition) is 7. The first kappa shape index (κ1) is 17.0. The molecule has 0 bridgehead atoms. The molecule has 0 unspecified atom stereocenters. The van der Waals surface area contributed by atoms with Gasteiger partial charge < -0.3 is 19.9 Å². The van der Waals surface area contributed by atoms with Crippen molar-refractivity contribution < 1.29 is 15.0 Å². The van der Waals surface area contributed by atoms with Gasteiger partial charge in [0.2, 0.25) is 5.88 Å². The second kappa shape index (κ2) is 6.69. The summed E-state index contributed by atoms with van der Waals surface area (Å²) in [5.41, 5.74) is 3.26. The number of anilines is 2. The molecule has 0 saturated heterocycles. The van der Waals surface area contributed by atoms with Gasteiger partial charge in [0.15, 0.2) is 5.13 Å². The smallest absolute Gasteiger partial charge is 0.231 e. The van der Waals surface area contributed by atoms with Crippen LogP contribution in [0.1, 0.15) is 20.8 Å². The Morgan fingerprint density at radius 3 is 2.74 bits per heavy atom. The highest BCUT2D eigenvalue weighted by molar-refractivity contribution is 7.16. The van der Waals surface area contributed by atoms with Crippen LogP contribution in [0, 0.1) is 0 Å². The molecule has 3 aromatic rings. The van der Waals surface area contributed by atoms with E-state index in [4.69, 9.17) is 0 Å². The zero-order valence-corrected chi connectivity index (χ0v) is 15.1. The summed E-state index contributed by atoms with van der Waals surface area (Å²) in [6.45, 7) is 0. The Morgan fingerprint density at radius 2 is 1.93 bits per heavy atom. The summed E-state index contributed by atoms with van der Waals surface area (Å²) in [7, 11) is 1.70. The number of carbonyl (C=O) groups is 1. The van der Waals surface area contributed by atoms with Crippen LogP contribution in [0.25, 0.3) is 11.6 Å². The standard InChI is InChI=1S/C20H15N3O3S/c1-23(16-9-5-3-7-14(16)19(25)26)20-22-18(24)17(27-20)10-12-11-21-15-8-4-2-6-13(12)15/h2-11,24H,1H3,(H,25,26)/p-1/b12-10+. The number of para-hydroxylation sites is 2. The van der Waals surface area contributed by atoms with Crippen LogP contribution in [0.15, 0.2) is 53.5 Å². The molecule has 0 saturated carbocycles. The number of carbonyl (C=O) groups excluding carboxylic acids is 1. The number of aromatic carboxylic acids is 1. The second-order valence-corrected chi connectivity index (χ2v) is 6.93. The molecular weight excluding hydrogens is 362 g/mol. The third kappa shape index (κ3) is 3.09. The van der Waals surface area contributed by atoms with Crippen molar-refractivity contribution in [2.24, 2.45) is 4.99 Å². The molecular formula is C20H14N3O3S-. The zero-order valence-electron chi connectivity index (χ0n) is 14.3. The Kier molecular flexibility index (Phi) is 4.21. The van der Waals surface area contributed by atoms with Gasteiger partial charge in [-0.3, -0.25) is 4.99 Å². The van der Waals surface area contributed by atoms with Crippen molar-refractivity contribution in [1.29, 1.82) is 0 Å². The highest BCUT2D eigenvalue weighted by atomic mass is 32.1. The third-order valence-corrected chi connectivity index (χ3v) is 5.31. The predicted molar refractivity (Wildman–Crippen MR) is 105 cm³/mol. The normalized spacial score (nSPS) is 13.7. The van der Waals surface area contributed by atoms with Crippen molar-refractivity contribution in [3.63, 3.8) is 0 Å². The molecule has 1 aromatic heterocycles. The van der Waals surface area contributed by atoms with Crippen LogP contribution in [0.3, 0.4) is 0 Å². The topological polar surface area (TPSA) is 88.8 Å². The van der Waals surface area contributed by atoms with E-state index in [-0.39, 0.29) is 11.4 Å². The van der Waals surface area contributed by atoms with Crippen LogP contribution in [-0.2, 0) is 0 Å². The highest BCUT2D eigenvalue weighted by Gasteiger charge is 2.18. The van der Waals surface area contributed by atoms with Crippen molar-refractivity contribution in [2.45, 2.75) is 0 Å². The fraction of sp³-hybridized carbons (Fsp3) is 0.0500.